The van der Waals surface area contributed by atoms with E-state index in [1.165, 1.54) is 0 Å². The second kappa shape index (κ2) is 9.01. The lowest BCUT2D eigenvalue weighted by atomic mass is 10.1. The maximum atomic E-state index is 12.2. The maximum absolute atomic E-state index is 12.2. The molecule has 0 aliphatic carbocycles. The average Bonchev–Trinajstić information content (AvgIpc) is 2.73. The SMILES string of the molecule is COc1cc(OC)c(/C=C/Cc2cc3c(cc2OC)S(=O)CCO3)c(OC)c1. The third-order valence-electron chi connectivity index (χ3n) is 4.49. The topological polar surface area (TPSA) is 63.2 Å². The second-order valence-corrected chi connectivity index (χ2v) is 7.60. The second-order valence-electron chi connectivity index (χ2n) is 6.06. The molecule has 0 amide bonds. The van der Waals surface area contributed by atoms with E-state index in [1.807, 2.05) is 36.4 Å². The van der Waals surface area contributed by atoms with Crippen molar-refractivity contribution in [1.82, 2.24) is 0 Å². The Bertz CT molecular complexity index is 881. The predicted molar refractivity (Wildman–Crippen MR) is 109 cm³/mol. The Hall–Kier alpha value is -2.67. The highest BCUT2D eigenvalue weighted by molar-refractivity contribution is 7.85. The van der Waals surface area contributed by atoms with Gasteiger partial charge in [0.2, 0.25) is 0 Å². The Morgan fingerprint density at radius 2 is 1.64 bits per heavy atom. The molecule has 0 saturated carbocycles. The molecule has 0 spiro atoms. The molecule has 1 atom stereocenters. The number of rotatable bonds is 7. The van der Waals surface area contributed by atoms with E-state index >= 15 is 0 Å². The third kappa shape index (κ3) is 4.09. The van der Waals surface area contributed by atoms with Gasteiger partial charge in [0.15, 0.2) is 0 Å². The average molecular weight is 404 g/mol. The van der Waals surface area contributed by atoms with Crippen LogP contribution in [-0.2, 0) is 17.2 Å². The molecule has 1 aliphatic rings. The van der Waals surface area contributed by atoms with Gasteiger partial charge in [-0.15, -0.1) is 0 Å². The molecule has 150 valence electrons. The van der Waals surface area contributed by atoms with Crippen molar-refractivity contribution in [3.8, 4) is 28.7 Å². The molecule has 0 saturated heterocycles. The molecule has 1 heterocycles. The Labute approximate surface area is 167 Å². The van der Waals surface area contributed by atoms with E-state index in [4.69, 9.17) is 23.7 Å². The molecule has 7 heteroatoms. The van der Waals surface area contributed by atoms with Crippen molar-refractivity contribution < 1.29 is 27.9 Å². The Morgan fingerprint density at radius 1 is 0.964 bits per heavy atom. The molecule has 1 aliphatic heterocycles. The number of benzene rings is 2. The summed E-state index contributed by atoms with van der Waals surface area (Å²) in [5.74, 6) is 3.83. The zero-order chi connectivity index (χ0) is 20.1. The van der Waals surface area contributed by atoms with Crippen molar-refractivity contribution in [2.45, 2.75) is 11.3 Å². The number of hydrogen-bond donors (Lipinski definition) is 0. The van der Waals surface area contributed by atoms with Crippen LogP contribution in [0.3, 0.4) is 0 Å². The highest BCUT2D eigenvalue weighted by Gasteiger charge is 2.20. The van der Waals surface area contributed by atoms with Gasteiger partial charge in [0.05, 0.1) is 55.5 Å². The fraction of sp³-hybridized carbons (Fsp3) is 0.333. The molecule has 1 unspecified atom stereocenters. The molecule has 2 aromatic rings. The summed E-state index contributed by atoms with van der Waals surface area (Å²) in [5, 5.41) is 0. The first-order valence-electron chi connectivity index (χ1n) is 8.79. The quantitative estimate of drug-likeness (QED) is 0.704. The first kappa shape index (κ1) is 20.1. The molecule has 3 rings (SSSR count). The Morgan fingerprint density at radius 3 is 2.25 bits per heavy atom. The fourth-order valence-electron chi connectivity index (χ4n) is 3.06. The normalized spacial score (nSPS) is 15.6. The molecule has 0 aromatic heterocycles. The van der Waals surface area contributed by atoms with Crippen molar-refractivity contribution >= 4 is 16.9 Å². The summed E-state index contributed by atoms with van der Waals surface area (Å²) in [6, 6.07) is 7.33. The van der Waals surface area contributed by atoms with Crippen molar-refractivity contribution in [3.05, 3.63) is 41.5 Å². The highest BCUT2D eigenvalue weighted by Crippen LogP contribution is 2.36. The Balaban J connectivity index is 1.90. The van der Waals surface area contributed by atoms with Crippen molar-refractivity contribution in [2.24, 2.45) is 0 Å². The van der Waals surface area contributed by atoms with E-state index in [-0.39, 0.29) is 0 Å². The van der Waals surface area contributed by atoms with Gasteiger partial charge in [-0.25, -0.2) is 0 Å². The lowest BCUT2D eigenvalue weighted by molar-refractivity contribution is 0.324. The van der Waals surface area contributed by atoms with Gasteiger partial charge in [-0.2, -0.15) is 0 Å². The van der Waals surface area contributed by atoms with E-state index in [1.54, 1.807) is 28.4 Å². The zero-order valence-electron chi connectivity index (χ0n) is 16.4. The van der Waals surface area contributed by atoms with Crippen LogP contribution >= 0.6 is 0 Å². The van der Waals surface area contributed by atoms with Gasteiger partial charge in [0, 0.05) is 23.8 Å². The van der Waals surface area contributed by atoms with Gasteiger partial charge in [0.25, 0.3) is 0 Å². The van der Waals surface area contributed by atoms with Gasteiger partial charge >= 0.3 is 0 Å². The van der Waals surface area contributed by atoms with Gasteiger partial charge in [-0.3, -0.25) is 4.21 Å². The molecule has 2 aromatic carbocycles. The number of methoxy groups -OCH3 is 4. The molecule has 6 nitrogen and oxygen atoms in total. The van der Waals surface area contributed by atoms with Crippen LogP contribution < -0.4 is 23.7 Å². The third-order valence-corrected chi connectivity index (χ3v) is 5.84. The summed E-state index contributed by atoms with van der Waals surface area (Å²) in [4.78, 5) is 0.689. The standard InChI is InChI=1S/C21H24O6S/c1-23-15-11-18(25-3)16(19(12-15)26-4)7-5-6-14-10-20-21(13-17(14)24-2)28(22)9-8-27-20/h5,7,10-13H,6,8-9H2,1-4H3/b7-5+. The summed E-state index contributed by atoms with van der Waals surface area (Å²) in [6.07, 6.45) is 4.54. The molecule has 0 radical (unpaired) electrons. The van der Waals surface area contributed by atoms with Gasteiger partial charge in [0.1, 0.15) is 35.4 Å². The summed E-state index contributed by atoms with van der Waals surface area (Å²) < 4.78 is 39.6. The fourth-order valence-corrected chi connectivity index (χ4v) is 4.10. The monoisotopic (exact) mass is 404 g/mol. The lowest BCUT2D eigenvalue weighted by Crippen LogP contribution is -2.16. The number of fused-ring (bicyclic) bond motifs is 1. The molecule has 0 fully saturated rings. The van der Waals surface area contributed by atoms with Gasteiger partial charge < -0.3 is 23.7 Å². The molecular formula is C21H24O6S. The summed E-state index contributed by atoms with van der Waals surface area (Å²) in [6.45, 7) is 0.460. The summed E-state index contributed by atoms with van der Waals surface area (Å²) >= 11 is 0. The van der Waals surface area contributed by atoms with Crippen LogP contribution in [0.5, 0.6) is 28.7 Å². The van der Waals surface area contributed by atoms with E-state index in [0.717, 1.165) is 11.1 Å². The van der Waals surface area contributed by atoms with E-state index in [2.05, 4.69) is 0 Å². The number of allylic oxidation sites excluding steroid dienone is 1. The Kier molecular flexibility index (Phi) is 6.46. The van der Waals surface area contributed by atoms with E-state index in [0.29, 0.717) is 52.4 Å². The number of hydrogen-bond acceptors (Lipinski definition) is 6. The highest BCUT2D eigenvalue weighted by atomic mass is 32.2. The van der Waals surface area contributed by atoms with Crippen molar-refractivity contribution in [2.75, 3.05) is 40.8 Å². The van der Waals surface area contributed by atoms with Crippen LogP contribution in [-0.4, -0.2) is 45.0 Å². The first-order valence-corrected chi connectivity index (χ1v) is 10.1. The van der Waals surface area contributed by atoms with Crippen molar-refractivity contribution in [3.63, 3.8) is 0 Å². The first-order chi connectivity index (χ1) is 13.6. The molecule has 0 bridgehead atoms. The predicted octanol–water partition coefficient (Wildman–Crippen LogP) is 3.48. The van der Waals surface area contributed by atoms with E-state index in [9.17, 15) is 4.21 Å². The van der Waals surface area contributed by atoms with Crippen LogP contribution in [0, 0.1) is 0 Å². The van der Waals surface area contributed by atoms with Crippen LogP contribution in [0.4, 0.5) is 0 Å². The molecule has 28 heavy (non-hydrogen) atoms. The van der Waals surface area contributed by atoms with Gasteiger partial charge in [-0.05, 0) is 12.5 Å². The smallest absolute Gasteiger partial charge is 0.136 e. The minimum Gasteiger partial charge on any atom is -0.496 e. The maximum Gasteiger partial charge on any atom is 0.136 e. The van der Waals surface area contributed by atoms with Crippen LogP contribution in [0.15, 0.2) is 35.2 Å². The zero-order valence-corrected chi connectivity index (χ0v) is 17.3. The van der Waals surface area contributed by atoms with Crippen molar-refractivity contribution in [1.29, 1.82) is 0 Å². The van der Waals surface area contributed by atoms with Crippen LogP contribution in [0.1, 0.15) is 11.1 Å². The van der Waals surface area contributed by atoms with E-state index < -0.39 is 10.8 Å². The lowest BCUT2D eigenvalue weighted by Gasteiger charge is -2.19. The van der Waals surface area contributed by atoms with Crippen LogP contribution in [0.2, 0.25) is 0 Å². The minimum absolute atomic E-state index is 0.460. The summed E-state index contributed by atoms with van der Waals surface area (Å²) in [5.41, 5.74) is 1.77. The molecule has 0 N–H and O–H groups in total. The largest absolute Gasteiger partial charge is 0.496 e. The number of ether oxygens (including phenoxy) is 5. The summed E-state index contributed by atoms with van der Waals surface area (Å²) in [7, 11) is 5.37. The minimum atomic E-state index is -1.05. The van der Waals surface area contributed by atoms with Crippen LogP contribution in [0.25, 0.3) is 6.08 Å². The molecular weight excluding hydrogens is 380 g/mol. The van der Waals surface area contributed by atoms with Gasteiger partial charge in [-0.1, -0.05) is 12.2 Å².